The highest BCUT2D eigenvalue weighted by Crippen LogP contribution is 2.22. The Bertz CT molecular complexity index is 529. The first kappa shape index (κ1) is 16.1. The maximum absolute atomic E-state index is 12.6. The van der Waals surface area contributed by atoms with Crippen molar-refractivity contribution in [3.63, 3.8) is 0 Å². The third kappa shape index (κ3) is 3.54. The minimum absolute atomic E-state index is 0.226. The molecule has 19 heavy (non-hydrogen) atoms. The second-order valence-corrected chi connectivity index (χ2v) is 6.60. The number of methoxy groups -OCH3 is 1. The summed E-state index contributed by atoms with van der Waals surface area (Å²) in [4.78, 5) is 0.306. The number of sulfonamides is 1. The quantitative estimate of drug-likeness (QED) is 0.850. The van der Waals surface area contributed by atoms with E-state index in [2.05, 4.69) is 0 Å². The van der Waals surface area contributed by atoms with Gasteiger partial charge in [-0.3, -0.25) is 0 Å². The summed E-state index contributed by atoms with van der Waals surface area (Å²) in [6, 6.07) is 5.04. The molecule has 0 fully saturated rings. The molecule has 0 amide bonds. The summed E-state index contributed by atoms with van der Waals surface area (Å²) in [5.74, 6) is 0. The first-order valence-corrected chi connectivity index (χ1v) is 7.55. The molecule has 1 atom stereocenters. The fourth-order valence-electron chi connectivity index (χ4n) is 1.79. The van der Waals surface area contributed by atoms with E-state index >= 15 is 0 Å². The monoisotopic (exact) mass is 286 g/mol. The van der Waals surface area contributed by atoms with Crippen LogP contribution in [-0.2, 0) is 21.3 Å². The lowest BCUT2D eigenvalue weighted by atomic mass is 10.1. The van der Waals surface area contributed by atoms with E-state index in [1.807, 2.05) is 13.0 Å². The summed E-state index contributed by atoms with van der Waals surface area (Å²) in [5.41, 5.74) is 7.09. The molecule has 5 nitrogen and oxygen atoms in total. The summed E-state index contributed by atoms with van der Waals surface area (Å²) in [5, 5.41) is 0. The van der Waals surface area contributed by atoms with Crippen LogP contribution >= 0.6 is 0 Å². The van der Waals surface area contributed by atoms with Crippen molar-refractivity contribution in [2.24, 2.45) is 5.73 Å². The van der Waals surface area contributed by atoms with Gasteiger partial charge in [0.1, 0.15) is 0 Å². The van der Waals surface area contributed by atoms with E-state index in [1.165, 1.54) is 4.31 Å². The molecule has 0 bridgehead atoms. The van der Waals surface area contributed by atoms with Gasteiger partial charge < -0.3 is 10.5 Å². The van der Waals surface area contributed by atoms with E-state index in [0.717, 1.165) is 5.56 Å². The van der Waals surface area contributed by atoms with Crippen LogP contribution in [-0.4, -0.2) is 39.5 Å². The molecule has 6 heteroatoms. The topological polar surface area (TPSA) is 72.6 Å². The van der Waals surface area contributed by atoms with Crippen LogP contribution < -0.4 is 5.73 Å². The second-order valence-electron chi connectivity index (χ2n) is 4.63. The van der Waals surface area contributed by atoms with E-state index in [9.17, 15) is 8.42 Å². The van der Waals surface area contributed by atoms with Gasteiger partial charge in [-0.2, -0.15) is 4.31 Å². The van der Waals surface area contributed by atoms with E-state index in [4.69, 9.17) is 10.5 Å². The molecule has 0 saturated heterocycles. The summed E-state index contributed by atoms with van der Waals surface area (Å²) >= 11 is 0. The fraction of sp³-hybridized carbons (Fsp3) is 0.538. The third-order valence-electron chi connectivity index (χ3n) is 3.17. The van der Waals surface area contributed by atoms with Crippen LogP contribution in [0.25, 0.3) is 0 Å². The van der Waals surface area contributed by atoms with Crippen molar-refractivity contribution >= 4 is 10.0 Å². The van der Waals surface area contributed by atoms with Gasteiger partial charge in [-0.05, 0) is 31.0 Å². The van der Waals surface area contributed by atoms with Crippen molar-refractivity contribution in [3.05, 3.63) is 29.3 Å². The Morgan fingerprint density at radius 2 is 2.05 bits per heavy atom. The Morgan fingerprint density at radius 3 is 2.58 bits per heavy atom. The number of nitrogens with zero attached hydrogens (tertiary/aromatic N) is 1. The van der Waals surface area contributed by atoms with E-state index in [0.29, 0.717) is 23.6 Å². The molecule has 1 aromatic rings. The molecule has 0 spiro atoms. The van der Waals surface area contributed by atoms with Crippen molar-refractivity contribution < 1.29 is 13.2 Å². The van der Waals surface area contributed by atoms with Gasteiger partial charge in [-0.1, -0.05) is 12.1 Å². The highest BCUT2D eigenvalue weighted by atomic mass is 32.2. The fourth-order valence-corrected chi connectivity index (χ4v) is 3.41. The molecule has 0 aliphatic heterocycles. The third-order valence-corrected chi connectivity index (χ3v) is 5.29. The number of hydrogen-bond acceptors (Lipinski definition) is 4. The number of benzene rings is 1. The van der Waals surface area contributed by atoms with Gasteiger partial charge in [-0.25, -0.2) is 8.42 Å². The number of hydrogen-bond donors (Lipinski definition) is 1. The molecule has 0 radical (unpaired) electrons. The molecule has 1 aromatic carbocycles. The Morgan fingerprint density at radius 1 is 1.42 bits per heavy atom. The number of likely N-dealkylation sites (N-methyl/N-ethyl adjacent to an activating group) is 1. The molecule has 0 heterocycles. The van der Waals surface area contributed by atoms with Gasteiger partial charge >= 0.3 is 0 Å². The first-order chi connectivity index (χ1) is 8.84. The van der Waals surface area contributed by atoms with E-state index in [-0.39, 0.29) is 6.04 Å². The average Bonchev–Trinajstić information content (AvgIpc) is 2.38. The van der Waals surface area contributed by atoms with Crippen LogP contribution in [0.15, 0.2) is 23.1 Å². The van der Waals surface area contributed by atoms with E-state index < -0.39 is 10.0 Å². The molecule has 0 aliphatic rings. The zero-order chi connectivity index (χ0) is 14.6. The minimum Gasteiger partial charge on any atom is -0.383 e. The van der Waals surface area contributed by atoms with Crippen molar-refractivity contribution in [1.82, 2.24) is 4.31 Å². The maximum atomic E-state index is 12.6. The van der Waals surface area contributed by atoms with Crippen molar-refractivity contribution in [2.45, 2.75) is 31.3 Å². The molecule has 1 rings (SSSR count). The van der Waals surface area contributed by atoms with Crippen LogP contribution in [0.1, 0.15) is 18.1 Å². The number of aryl methyl sites for hydroxylation is 1. The van der Waals surface area contributed by atoms with Gasteiger partial charge in [0.25, 0.3) is 0 Å². The minimum atomic E-state index is -3.53. The molecule has 1 unspecified atom stereocenters. The standard InChI is InChI=1S/C13H22N2O3S/c1-10-5-6-12(8-14)7-13(10)19(16,17)15(3)11(2)9-18-4/h5-7,11H,8-9,14H2,1-4H3. The zero-order valence-electron chi connectivity index (χ0n) is 11.9. The van der Waals surface area contributed by atoms with Crippen LogP contribution in [0.3, 0.4) is 0 Å². The normalized spacial score (nSPS) is 13.8. The second kappa shape index (κ2) is 6.47. The SMILES string of the molecule is COCC(C)N(C)S(=O)(=O)c1cc(CN)ccc1C. The summed E-state index contributed by atoms with van der Waals surface area (Å²) in [6.07, 6.45) is 0. The highest BCUT2D eigenvalue weighted by Gasteiger charge is 2.26. The van der Waals surface area contributed by atoms with Gasteiger partial charge in [0.05, 0.1) is 11.5 Å². The highest BCUT2D eigenvalue weighted by molar-refractivity contribution is 7.89. The van der Waals surface area contributed by atoms with E-state index in [1.54, 1.807) is 33.2 Å². The Kier molecular flexibility index (Phi) is 5.49. The lowest BCUT2D eigenvalue weighted by Gasteiger charge is -2.24. The molecule has 0 saturated carbocycles. The summed E-state index contributed by atoms with van der Waals surface area (Å²) < 4.78 is 31.5. The molecular weight excluding hydrogens is 264 g/mol. The lowest BCUT2D eigenvalue weighted by Crippen LogP contribution is -2.38. The molecular formula is C13H22N2O3S. The molecule has 2 N–H and O–H groups in total. The first-order valence-electron chi connectivity index (χ1n) is 6.11. The number of ether oxygens (including phenoxy) is 1. The van der Waals surface area contributed by atoms with Crippen molar-refractivity contribution in [3.8, 4) is 0 Å². The Balaban J connectivity index is 3.19. The zero-order valence-corrected chi connectivity index (χ0v) is 12.7. The number of nitrogens with two attached hydrogens (primary N) is 1. The summed E-state index contributed by atoms with van der Waals surface area (Å²) in [7, 11) is -0.410. The summed E-state index contributed by atoms with van der Waals surface area (Å²) in [6.45, 7) is 4.26. The maximum Gasteiger partial charge on any atom is 0.243 e. The van der Waals surface area contributed by atoms with Crippen LogP contribution in [0, 0.1) is 6.92 Å². The van der Waals surface area contributed by atoms with Crippen molar-refractivity contribution in [2.75, 3.05) is 20.8 Å². The molecule has 108 valence electrons. The van der Waals surface area contributed by atoms with Crippen LogP contribution in [0.4, 0.5) is 0 Å². The Hall–Kier alpha value is -0.950. The Labute approximate surface area is 115 Å². The molecule has 0 aliphatic carbocycles. The smallest absolute Gasteiger partial charge is 0.243 e. The predicted molar refractivity (Wildman–Crippen MR) is 75.4 cm³/mol. The van der Waals surface area contributed by atoms with Crippen LogP contribution in [0.2, 0.25) is 0 Å². The van der Waals surface area contributed by atoms with Gasteiger partial charge in [0.2, 0.25) is 10.0 Å². The lowest BCUT2D eigenvalue weighted by molar-refractivity contribution is 0.149. The molecule has 0 aromatic heterocycles. The largest absolute Gasteiger partial charge is 0.383 e. The van der Waals surface area contributed by atoms with Gasteiger partial charge in [-0.15, -0.1) is 0 Å². The van der Waals surface area contributed by atoms with Gasteiger partial charge in [0.15, 0.2) is 0 Å². The van der Waals surface area contributed by atoms with Crippen molar-refractivity contribution in [1.29, 1.82) is 0 Å². The predicted octanol–water partition coefficient (Wildman–Crippen LogP) is 1.11. The number of rotatable bonds is 6. The van der Waals surface area contributed by atoms with Gasteiger partial charge in [0, 0.05) is 26.7 Å². The average molecular weight is 286 g/mol. The van der Waals surface area contributed by atoms with Crippen LogP contribution in [0.5, 0.6) is 0 Å².